The number of anilines is 1. The van der Waals surface area contributed by atoms with Gasteiger partial charge in [0.05, 0.1) is 5.69 Å². The van der Waals surface area contributed by atoms with Crippen LogP contribution in [0.15, 0.2) is 48.7 Å². The number of fused-ring (bicyclic) bond motifs is 2. The van der Waals surface area contributed by atoms with Crippen molar-refractivity contribution in [2.75, 3.05) is 11.9 Å². The van der Waals surface area contributed by atoms with Crippen LogP contribution in [0.5, 0.6) is 11.6 Å². The summed E-state index contributed by atoms with van der Waals surface area (Å²) in [6.07, 6.45) is 5.88. The quantitative estimate of drug-likeness (QED) is 0.512. The molecule has 5 rings (SSSR count). The van der Waals surface area contributed by atoms with Crippen LogP contribution in [0.4, 0.5) is 14.6 Å². The number of piperidine rings is 1. The summed E-state index contributed by atoms with van der Waals surface area (Å²) in [7, 11) is 2.07. The molecule has 3 aromatic rings. The number of nitrogens with one attached hydrogen (secondary N) is 1. The summed E-state index contributed by atoms with van der Waals surface area (Å²) in [6, 6.07) is 12.3. The molecule has 1 aromatic carbocycles. The van der Waals surface area contributed by atoms with E-state index < -0.39 is 6.61 Å². The van der Waals surface area contributed by atoms with Gasteiger partial charge in [-0.2, -0.15) is 8.78 Å². The van der Waals surface area contributed by atoms with E-state index in [1.165, 1.54) is 25.1 Å². The summed E-state index contributed by atoms with van der Waals surface area (Å²) in [5.41, 5.74) is 2.64. The molecule has 4 heterocycles. The van der Waals surface area contributed by atoms with Gasteiger partial charge in [-0.05, 0) is 81.0 Å². The summed E-state index contributed by atoms with van der Waals surface area (Å²) >= 11 is 0. The van der Waals surface area contributed by atoms with Gasteiger partial charge >= 0.3 is 6.61 Å². The summed E-state index contributed by atoms with van der Waals surface area (Å²) in [5, 5.41) is 23.3. The lowest BCUT2D eigenvalue weighted by Gasteiger charge is -2.45. The molecule has 0 unspecified atom stereocenters. The predicted molar refractivity (Wildman–Crippen MR) is 130 cm³/mol. The maximum atomic E-state index is 12.5. The average molecular weight is 482 g/mol. The number of aromatic nitrogens is 3. The van der Waals surface area contributed by atoms with Crippen molar-refractivity contribution in [1.82, 2.24) is 20.5 Å². The van der Waals surface area contributed by atoms with Crippen molar-refractivity contribution < 1.29 is 18.6 Å². The maximum absolute atomic E-state index is 12.5. The van der Waals surface area contributed by atoms with E-state index in [2.05, 4.69) is 51.0 Å². The van der Waals surface area contributed by atoms with E-state index in [1.807, 2.05) is 12.1 Å². The summed E-state index contributed by atoms with van der Waals surface area (Å²) in [5.74, 6) is 0.630. The van der Waals surface area contributed by atoms with Crippen molar-refractivity contribution in [1.29, 1.82) is 0 Å². The highest BCUT2D eigenvalue weighted by atomic mass is 19.3. The van der Waals surface area contributed by atoms with Gasteiger partial charge in [0.25, 0.3) is 0 Å². The molecule has 0 aliphatic carbocycles. The normalized spacial score (nSPS) is 25.6. The largest absolute Gasteiger partial charge is 0.507 e. The number of benzene rings is 1. The first kappa shape index (κ1) is 23.4. The van der Waals surface area contributed by atoms with Gasteiger partial charge < -0.3 is 20.1 Å². The monoisotopic (exact) mass is 481 g/mol. The van der Waals surface area contributed by atoms with Gasteiger partial charge in [0.1, 0.15) is 5.75 Å². The summed E-state index contributed by atoms with van der Waals surface area (Å²) in [6.45, 7) is 1.65. The summed E-state index contributed by atoms with van der Waals surface area (Å²) in [4.78, 5) is 5.99. The number of phenols is 1. The van der Waals surface area contributed by atoms with E-state index in [0.29, 0.717) is 28.4 Å². The number of alkyl halides is 2. The van der Waals surface area contributed by atoms with Crippen molar-refractivity contribution in [3.05, 3.63) is 48.7 Å². The van der Waals surface area contributed by atoms with E-state index in [0.717, 1.165) is 18.7 Å². The van der Waals surface area contributed by atoms with Crippen molar-refractivity contribution in [3.63, 3.8) is 0 Å². The Morgan fingerprint density at radius 3 is 2.37 bits per heavy atom. The van der Waals surface area contributed by atoms with Gasteiger partial charge in [-0.15, -0.1) is 10.2 Å². The maximum Gasteiger partial charge on any atom is 0.388 e. The highest BCUT2D eigenvalue weighted by Gasteiger charge is 2.49. The summed E-state index contributed by atoms with van der Waals surface area (Å²) < 4.78 is 29.4. The molecule has 2 aliphatic heterocycles. The highest BCUT2D eigenvalue weighted by Crippen LogP contribution is 2.44. The molecule has 0 radical (unpaired) electrons. The molecule has 2 N–H and O–H groups in total. The molecule has 184 valence electrons. The first-order valence-electron chi connectivity index (χ1n) is 11.7. The van der Waals surface area contributed by atoms with Gasteiger partial charge in [0.15, 0.2) is 5.82 Å². The molecule has 2 bridgehead atoms. The van der Waals surface area contributed by atoms with Gasteiger partial charge in [-0.1, -0.05) is 6.07 Å². The standard InChI is InChI=1S/C26H29F2N5O2/c1-25-9-10-26(2,32-25)15-18(14-25)33(3)22-7-6-20(30-31-22)19-5-4-16(12-21(19)34)17-8-11-29-23(13-17)35-24(27)28/h4-8,11-13,18,24,32,34H,9-10,14-15H2,1-3H3/t18-,25+,26-. The zero-order valence-electron chi connectivity index (χ0n) is 20.0. The smallest absolute Gasteiger partial charge is 0.388 e. The zero-order chi connectivity index (χ0) is 24.8. The third kappa shape index (κ3) is 4.77. The number of halogens is 2. The molecule has 0 saturated carbocycles. The zero-order valence-corrected chi connectivity index (χ0v) is 20.0. The minimum absolute atomic E-state index is 0.0156. The molecule has 0 amide bonds. The molecule has 2 aromatic heterocycles. The fourth-order valence-corrected chi connectivity index (χ4v) is 5.61. The van der Waals surface area contributed by atoms with Gasteiger partial charge in [-0.3, -0.25) is 0 Å². The third-order valence-electron chi connectivity index (χ3n) is 7.32. The molecule has 2 saturated heterocycles. The average Bonchev–Trinajstić information content (AvgIpc) is 3.05. The Morgan fingerprint density at radius 1 is 1.03 bits per heavy atom. The molecule has 7 nitrogen and oxygen atoms in total. The minimum atomic E-state index is -2.95. The minimum Gasteiger partial charge on any atom is -0.507 e. The van der Waals surface area contributed by atoms with Crippen molar-refractivity contribution in [3.8, 4) is 34.0 Å². The van der Waals surface area contributed by atoms with Crippen LogP contribution in [-0.2, 0) is 0 Å². The number of hydrogen-bond acceptors (Lipinski definition) is 7. The molecule has 35 heavy (non-hydrogen) atoms. The fourth-order valence-electron chi connectivity index (χ4n) is 5.61. The van der Waals surface area contributed by atoms with Crippen LogP contribution in [0.3, 0.4) is 0 Å². The molecule has 3 atom stereocenters. The fraction of sp³-hybridized carbons (Fsp3) is 0.423. The first-order chi connectivity index (χ1) is 16.6. The number of ether oxygens (including phenoxy) is 1. The number of nitrogens with zero attached hydrogens (tertiary/aromatic N) is 4. The lowest BCUT2D eigenvalue weighted by molar-refractivity contribution is -0.0528. The number of aromatic hydroxyl groups is 1. The topological polar surface area (TPSA) is 83.4 Å². The molecule has 2 fully saturated rings. The SMILES string of the molecule is CN(c1ccc(-c2ccc(-c3ccnc(OC(F)F)c3)cc2O)nn1)[C@@H]1C[C@]2(C)CC[C@](C)(C1)N2. The first-order valence-corrected chi connectivity index (χ1v) is 11.7. The second-order valence-corrected chi connectivity index (χ2v) is 10.2. The van der Waals surface area contributed by atoms with Gasteiger partial charge in [-0.25, -0.2) is 4.98 Å². The Bertz CT molecular complexity index is 1210. The van der Waals surface area contributed by atoms with Crippen LogP contribution < -0.4 is 15.0 Å². The molecule has 2 aliphatic rings. The lowest BCUT2D eigenvalue weighted by Crippen LogP contribution is -2.58. The Labute approximate surface area is 203 Å². The van der Waals surface area contributed by atoms with Gasteiger partial charge in [0.2, 0.25) is 5.88 Å². The van der Waals surface area contributed by atoms with Crippen LogP contribution in [0.1, 0.15) is 39.5 Å². The Hall–Kier alpha value is -3.33. The van der Waals surface area contributed by atoms with Crippen molar-refractivity contribution in [2.45, 2.75) is 63.3 Å². The van der Waals surface area contributed by atoms with Crippen LogP contribution in [0.2, 0.25) is 0 Å². The lowest BCUT2D eigenvalue weighted by atomic mass is 9.84. The second kappa shape index (κ2) is 8.71. The Kier molecular flexibility index (Phi) is 5.83. The Balaban J connectivity index is 1.33. The van der Waals surface area contributed by atoms with Crippen LogP contribution in [0.25, 0.3) is 22.4 Å². The van der Waals surface area contributed by atoms with E-state index >= 15 is 0 Å². The van der Waals surface area contributed by atoms with Crippen LogP contribution in [0, 0.1) is 0 Å². The number of hydrogen-bond donors (Lipinski definition) is 2. The van der Waals surface area contributed by atoms with Crippen LogP contribution in [-0.4, -0.2) is 51.1 Å². The molecular formula is C26H29F2N5O2. The number of pyridine rings is 1. The van der Waals surface area contributed by atoms with Gasteiger partial charge in [0, 0.05) is 42.0 Å². The predicted octanol–water partition coefficient (Wildman–Crippen LogP) is 5.01. The van der Waals surface area contributed by atoms with E-state index in [-0.39, 0.29) is 22.7 Å². The second-order valence-electron chi connectivity index (χ2n) is 10.2. The highest BCUT2D eigenvalue weighted by molar-refractivity contribution is 5.74. The molecule has 0 spiro atoms. The molecular weight excluding hydrogens is 452 g/mol. The van der Waals surface area contributed by atoms with Crippen molar-refractivity contribution in [2.24, 2.45) is 0 Å². The van der Waals surface area contributed by atoms with E-state index in [9.17, 15) is 13.9 Å². The third-order valence-corrected chi connectivity index (χ3v) is 7.32. The number of phenolic OH excluding ortho intramolecular Hbond substituents is 1. The van der Waals surface area contributed by atoms with Crippen LogP contribution >= 0.6 is 0 Å². The van der Waals surface area contributed by atoms with E-state index in [1.54, 1.807) is 24.3 Å². The van der Waals surface area contributed by atoms with E-state index in [4.69, 9.17) is 0 Å². The Morgan fingerprint density at radius 2 is 1.74 bits per heavy atom. The number of rotatable bonds is 6. The molecule has 9 heteroatoms. The van der Waals surface area contributed by atoms with Crippen molar-refractivity contribution >= 4 is 5.82 Å².